The highest BCUT2D eigenvalue weighted by atomic mass is 16.1. The van der Waals surface area contributed by atoms with Crippen molar-refractivity contribution in [3.8, 4) is 0 Å². The maximum absolute atomic E-state index is 10.4. The summed E-state index contributed by atoms with van der Waals surface area (Å²) in [5, 5.41) is 0. The van der Waals surface area contributed by atoms with Gasteiger partial charge in [-0.1, -0.05) is 6.08 Å². The summed E-state index contributed by atoms with van der Waals surface area (Å²) in [6.07, 6.45) is 4.14. The zero-order chi connectivity index (χ0) is 5.98. The van der Waals surface area contributed by atoms with Gasteiger partial charge in [-0.2, -0.15) is 0 Å². The molecule has 0 saturated heterocycles. The highest BCUT2D eigenvalue weighted by molar-refractivity contribution is 6.03. The van der Waals surface area contributed by atoms with E-state index >= 15 is 0 Å². The van der Waals surface area contributed by atoms with Gasteiger partial charge in [0.25, 0.3) is 0 Å². The molecule has 0 spiro atoms. The summed E-state index contributed by atoms with van der Waals surface area (Å²) in [5.74, 6) is -0.0370. The van der Waals surface area contributed by atoms with Crippen LogP contribution in [0.25, 0.3) is 0 Å². The van der Waals surface area contributed by atoms with E-state index in [1.807, 2.05) is 19.1 Å². The standard InChI is InChI=1S/C6H7NO/c1-5-3-2-4-6(8)7-5/h2-3H,4H2,1H3. The third-order valence-electron chi connectivity index (χ3n) is 0.953. The van der Waals surface area contributed by atoms with Crippen molar-refractivity contribution in [2.75, 3.05) is 0 Å². The summed E-state index contributed by atoms with van der Waals surface area (Å²) >= 11 is 0. The molecule has 8 heavy (non-hydrogen) atoms. The van der Waals surface area contributed by atoms with E-state index in [-0.39, 0.29) is 5.91 Å². The minimum absolute atomic E-state index is 0.0370. The Balaban J connectivity index is 2.77. The lowest BCUT2D eigenvalue weighted by Crippen LogP contribution is -2.00. The lowest BCUT2D eigenvalue weighted by Gasteiger charge is -1.95. The van der Waals surface area contributed by atoms with Crippen molar-refractivity contribution in [3.63, 3.8) is 0 Å². The van der Waals surface area contributed by atoms with Crippen LogP contribution < -0.4 is 0 Å². The molecule has 0 fully saturated rings. The zero-order valence-corrected chi connectivity index (χ0v) is 4.72. The first kappa shape index (κ1) is 5.22. The van der Waals surface area contributed by atoms with Gasteiger partial charge in [-0.3, -0.25) is 4.79 Å². The number of amides is 1. The minimum atomic E-state index is -0.0370. The Kier molecular flexibility index (Phi) is 1.24. The number of dihydropyridines is 1. The van der Waals surface area contributed by atoms with Crippen LogP contribution in [0.1, 0.15) is 13.3 Å². The van der Waals surface area contributed by atoms with E-state index in [4.69, 9.17) is 0 Å². The number of rotatable bonds is 0. The summed E-state index contributed by atoms with van der Waals surface area (Å²) in [7, 11) is 0. The average molecular weight is 109 g/mol. The largest absolute Gasteiger partial charge is 0.272 e. The second-order valence-corrected chi connectivity index (χ2v) is 1.75. The fourth-order valence-electron chi connectivity index (χ4n) is 0.610. The number of carbonyl (C=O) groups excluding carboxylic acids is 1. The molecule has 0 N–H and O–H groups in total. The number of carbonyl (C=O) groups is 1. The fraction of sp³-hybridized carbons (Fsp3) is 0.333. The Labute approximate surface area is 47.9 Å². The summed E-state index contributed by atoms with van der Waals surface area (Å²) in [6, 6.07) is 0. The Morgan fingerprint density at radius 2 is 2.50 bits per heavy atom. The Hall–Kier alpha value is -0.920. The molecule has 0 atom stereocenters. The molecule has 1 aliphatic rings. The van der Waals surface area contributed by atoms with Gasteiger partial charge in [0.1, 0.15) is 0 Å². The quantitative estimate of drug-likeness (QED) is 0.455. The molecule has 0 aromatic carbocycles. The summed E-state index contributed by atoms with van der Waals surface area (Å²) < 4.78 is 0. The lowest BCUT2D eigenvalue weighted by atomic mass is 10.2. The predicted octanol–water partition coefficient (Wildman–Crippen LogP) is 0.934. The number of aliphatic imine (C=N–C) groups is 1. The van der Waals surface area contributed by atoms with Gasteiger partial charge < -0.3 is 0 Å². The monoisotopic (exact) mass is 109 g/mol. The molecule has 2 heteroatoms. The number of hydrogen-bond donors (Lipinski definition) is 0. The van der Waals surface area contributed by atoms with Gasteiger partial charge in [-0.05, 0) is 13.0 Å². The predicted molar refractivity (Wildman–Crippen MR) is 31.9 cm³/mol. The van der Waals surface area contributed by atoms with Gasteiger partial charge in [0.15, 0.2) is 0 Å². The lowest BCUT2D eigenvalue weighted by molar-refractivity contribution is -0.117. The molecule has 0 unspecified atom stereocenters. The van der Waals surface area contributed by atoms with E-state index < -0.39 is 0 Å². The third kappa shape index (κ3) is 1.03. The zero-order valence-electron chi connectivity index (χ0n) is 4.72. The smallest absolute Gasteiger partial charge is 0.249 e. The first-order valence-corrected chi connectivity index (χ1v) is 2.54. The van der Waals surface area contributed by atoms with Gasteiger partial charge in [0, 0.05) is 12.1 Å². The first-order chi connectivity index (χ1) is 3.79. The van der Waals surface area contributed by atoms with E-state index in [2.05, 4.69) is 4.99 Å². The molecule has 1 amide bonds. The van der Waals surface area contributed by atoms with Crippen LogP contribution in [0.5, 0.6) is 0 Å². The van der Waals surface area contributed by atoms with Gasteiger partial charge in [0.2, 0.25) is 5.91 Å². The Morgan fingerprint density at radius 1 is 1.75 bits per heavy atom. The highest BCUT2D eigenvalue weighted by Gasteiger charge is 1.99. The van der Waals surface area contributed by atoms with Crippen LogP contribution in [0.3, 0.4) is 0 Å². The maximum atomic E-state index is 10.4. The van der Waals surface area contributed by atoms with Gasteiger partial charge in [-0.15, -0.1) is 0 Å². The van der Waals surface area contributed by atoms with E-state index in [9.17, 15) is 4.79 Å². The van der Waals surface area contributed by atoms with E-state index in [0.29, 0.717) is 6.42 Å². The van der Waals surface area contributed by atoms with Gasteiger partial charge in [-0.25, -0.2) is 4.99 Å². The van der Waals surface area contributed by atoms with Crippen LogP contribution in [0.4, 0.5) is 0 Å². The van der Waals surface area contributed by atoms with Crippen molar-refractivity contribution >= 4 is 11.6 Å². The van der Waals surface area contributed by atoms with E-state index in [0.717, 1.165) is 5.71 Å². The molecule has 42 valence electrons. The van der Waals surface area contributed by atoms with Crippen molar-refractivity contribution in [3.05, 3.63) is 12.2 Å². The first-order valence-electron chi connectivity index (χ1n) is 2.54. The van der Waals surface area contributed by atoms with Gasteiger partial charge in [0.05, 0.1) is 0 Å². The molecule has 0 radical (unpaired) electrons. The second kappa shape index (κ2) is 1.90. The summed E-state index contributed by atoms with van der Waals surface area (Å²) in [5.41, 5.74) is 0.807. The molecule has 0 saturated carbocycles. The molecule has 0 bridgehead atoms. The van der Waals surface area contributed by atoms with Crippen LogP contribution in [0.2, 0.25) is 0 Å². The molecule has 0 aliphatic carbocycles. The van der Waals surface area contributed by atoms with Crippen molar-refractivity contribution in [1.82, 2.24) is 0 Å². The number of nitrogens with zero attached hydrogens (tertiary/aromatic N) is 1. The van der Waals surface area contributed by atoms with Crippen LogP contribution in [-0.4, -0.2) is 11.6 Å². The normalized spacial score (nSPS) is 18.6. The fourth-order valence-corrected chi connectivity index (χ4v) is 0.610. The van der Waals surface area contributed by atoms with Crippen molar-refractivity contribution in [1.29, 1.82) is 0 Å². The number of hydrogen-bond acceptors (Lipinski definition) is 1. The van der Waals surface area contributed by atoms with Crippen molar-refractivity contribution in [2.45, 2.75) is 13.3 Å². The molecular weight excluding hydrogens is 102 g/mol. The molecular formula is C6H7NO. The topological polar surface area (TPSA) is 29.4 Å². The van der Waals surface area contributed by atoms with Crippen LogP contribution in [0, 0.1) is 0 Å². The van der Waals surface area contributed by atoms with Crippen LogP contribution in [0.15, 0.2) is 17.1 Å². The Bertz CT molecular complexity index is 167. The SMILES string of the molecule is CC1=NC(=O)CC=C1. The molecule has 1 heterocycles. The summed E-state index contributed by atoms with van der Waals surface area (Å²) in [4.78, 5) is 14.1. The summed E-state index contributed by atoms with van der Waals surface area (Å²) in [6.45, 7) is 1.81. The van der Waals surface area contributed by atoms with Crippen LogP contribution >= 0.6 is 0 Å². The number of allylic oxidation sites excluding steroid dienone is 1. The van der Waals surface area contributed by atoms with Crippen molar-refractivity contribution < 1.29 is 4.79 Å². The van der Waals surface area contributed by atoms with Crippen LogP contribution in [-0.2, 0) is 4.79 Å². The molecule has 1 rings (SSSR count). The second-order valence-electron chi connectivity index (χ2n) is 1.75. The highest BCUT2D eigenvalue weighted by Crippen LogP contribution is 1.96. The molecule has 2 nitrogen and oxygen atoms in total. The molecule has 0 aromatic heterocycles. The maximum Gasteiger partial charge on any atom is 0.249 e. The minimum Gasteiger partial charge on any atom is -0.272 e. The molecule has 0 aromatic rings. The third-order valence-corrected chi connectivity index (χ3v) is 0.953. The Morgan fingerprint density at radius 3 is 2.88 bits per heavy atom. The molecule has 1 aliphatic heterocycles. The average Bonchev–Trinajstić information content (AvgIpc) is 1.64. The van der Waals surface area contributed by atoms with E-state index in [1.165, 1.54) is 0 Å². The van der Waals surface area contributed by atoms with E-state index in [1.54, 1.807) is 0 Å². The van der Waals surface area contributed by atoms with Crippen molar-refractivity contribution in [2.24, 2.45) is 4.99 Å². The van der Waals surface area contributed by atoms with Gasteiger partial charge >= 0.3 is 0 Å².